The van der Waals surface area contributed by atoms with Crippen LogP contribution in [0.25, 0.3) is 0 Å². The minimum atomic E-state index is 0.0937. The zero-order valence-electron chi connectivity index (χ0n) is 10.5. The van der Waals surface area contributed by atoms with E-state index in [0.717, 1.165) is 22.1 Å². The van der Waals surface area contributed by atoms with Crippen molar-refractivity contribution in [1.82, 2.24) is 9.91 Å². The summed E-state index contributed by atoms with van der Waals surface area (Å²) in [5, 5.41) is 10.3. The van der Waals surface area contributed by atoms with Crippen LogP contribution in [0.2, 0.25) is 5.02 Å². The fourth-order valence-electron chi connectivity index (χ4n) is 2.17. The van der Waals surface area contributed by atoms with E-state index in [1.54, 1.807) is 0 Å². The van der Waals surface area contributed by atoms with Gasteiger partial charge in [0.2, 0.25) is 0 Å². The number of nitrogens with zero attached hydrogens (tertiary/aromatic N) is 3. The molecule has 1 heterocycles. The van der Waals surface area contributed by atoms with Gasteiger partial charge >= 0.3 is 0 Å². The first kappa shape index (κ1) is 12.0. The van der Waals surface area contributed by atoms with E-state index in [0.29, 0.717) is 0 Å². The van der Waals surface area contributed by atoms with Gasteiger partial charge in [-0.25, -0.2) is 0 Å². The average molecular weight is 253 g/mol. The van der Waals surface area contributed by atoms with Crippen molar-refractivity contribution in [2.75, 3.05) is 26.5 Å². The van der Waals surface area contributed by atoms with Crippen LogP contribution in [0.3, 0.4) is 0 Å². The Balaban J connectivity index is 2.44. The molecule has 92 valence electrons. The van der Waals surface area contributed by atoms with E-state index in [1.165, 1.54) is 0 Å². The second-order valence-electron chi connectivity index (χ2n) is 4.19. The van der Waals surface area contributed by atoms with Crippen molar-refractivity contribution in [3.63, 3.8) is 0 Å². The van der Waals surface area contributed by atoms with Gasteiger partial charge in [0.15, 0.2) is 0 Å². The van der Waals surface area contributed by atoms with Gasteiger partial charge in [-0.2, -0.15) is 5.10 Å². The van der Waals surface area contributed by atoms with Crippen LogP contribution in [0.5, 0.6) is 0 Å². The highest BCUT2D eigenvalue weighted by Crippen LogP contribution is 2.34. The normalized spacial score (nSPS) is 19.6. The van der Waals surface area contributed by atoms with E-state index in [9.17, 15) is 0 Å². The highest BCUT2D eigenvalue weighted by Gasteiger charge is 2.29. The second kappa shape index (κ2) is 4.45. The molecule has 1 aliphatic heterocycles. The van der Waals surface area contributed by atoms with Gasteiger partial charge in [-0.05, 0) is 25.1 Å². The summed E-state index contributed by atoms with van der Waals surface area (Å²) in [6, 6.07) is 5.87. The lowest BCUT2D eigenvalue weighted by Gasteiger charge is -2.28. The van der Waals surface area contributed by atoms with E-state index in [4.69, 9.17) is 11.6 Å². The number of hydrazone groups is 1. The Labute approximate surface area is 107 Å². The Morgan fingerprint density at radius 3 is 2.59 bits per heavy atom. The molecule has 1 unspecified atom stereocenters. The third-order valence-electron chi connectivity index (χ3n) is 3.09. The van der Waals surface area contributed by atoms with Gasteiger partial charge < -0.3 is 10.2 Å². The zero-order chi connectivity index (χ0) is 12.6. The summed E-state index contributed by atoms with van der Waals surface area (Å²) >= 11 is 6.08. The summed E-state index contributed by atoms with van der Waals surface area (Å²) in [5.74, 6) is 1.000. The molecule has 4 nitrogen and oxygen atoms in total. The van der Waals surface area contributed by atoms with Crippen molar-refractivity contribution in [2.24, 2.45) is 5.10 Å². The average Bonchev–Trinajstić information content (AvgIpc) is 2.53. The van der Waals surface area contributed by atoms with Crippen molar-refractivity contribution >= 4 is 23.1 Å². The SMILES string of the molecule is CNc1ccc(Cl)cc1C1N(C)N=C(C)N1C. The molecule has 1 aliphatic rings. The molecule has 0 bridgehead atoms. The Hall–Kier alpha value is -1.42. The van der Waals surface area contributed by atoms with Gasteiger partial charge in [-0.1, -0.05) is 11.6 Å². The van der Waals surface area contributed by atoms with Gasteiger partial charge in [0, 0.05) is 37.4 Å². The van der Waals surface area contributed by atoms with E-state index in [-0.39, 0.29) is 6.17 Å². The first-order valence-corrected chi connectivity index (χ1v) is 5.90. The molecule has 1 aromatic rings. The third-order valence-corrected chi connectivity index (χ3v) is 3.33. The van der Waals surface area contributed by atoms with Crippen LogP contribution in [-0.2, 0) is 0 Å². The number of hydrogen-bond donors (Lipinski definition) is 1. The number of hydrogen-bond acceptors (Lipinski definition) is 4. The largest absolute Gasteiger partial charge is 0.388 e. The molecule has 0 amide bonds. The van der Waals surface area contributed by atoms with E-state index < -0.39 is 0 Å². The minimum absolute atomic E-state index is 0.0937. The summed E-state index contributed by atoms with van der Waals surface area (Å²) in [4.78, 5) is 2.13. The molecule has 1 aromatic carbocycles. The third kappa shape index (κ3) is 2.05. The molecule has 0 aliphatic carbocycles. The Morgan fingerprint density at radius 2 is 2.06 bits per heavy atom. The first-order chi connectivity index (χ1) is 8.04. The molecule has 1 atom stereocenters. The van der Waals surface area contributed by atoms with Crippen LogP contribution < -0.4 is 5.32 Å². The molecule has 0 spiro atoms. The summed E-state index contributed by atoms with van der Waals surface area (Å²) in [7, 11) is 5.92. The maximum Gasteiger partial charge on any atom is 0.146 e. The highest BCUT2D eigenvalue weighted by molar-refractivity contribution is 6.30. The number of rotatable bonds is 2. The van der Waals surface area contributed by atoms with Crippen LogP contribution in [-0.4, -0.2) is 36.9 Å². The Bertz CT molecular complexity index is 458. The molecule has 17 heavy (non-hydrogen) atoms. The van der Waals surface area contributed by atoms with Crippen molar-refractivity contribution in [2.45, 2.75) is 13.1 Å². The summed E-state index contributed by atoms with van der Waals surface area (Å²) in [6.45, 7) is 2.00. The van der Waals surface area contributed by atoms with Crippen LogP contribution >= 0.6 is 11.6 Å². The number of amidine groups is 1. The predicted molar refractivity (Wildman–Crippen MR) is 72.4 cm³/mol. The monoisotopic (exact) mass is 252 g/mol. The smallest absolute Gasteiger partial charge is 0.146 e. The fourth-order valence-corrected chi connectivity index (χ4v) is 2.35. The predicted octanol–water partition coefficient (Wildman–Crippen LogP) is 2.59. The van der Waals surface area contributed by atoms with Crippen LogP contribution in [0.15, 0.2) is 23.3 Å². The van der Waals surface area contributed by atoms with E-state index in [2.05, 4.69) is 15.3 Å². The summed E-state index contributed by atoms with van der Waals surface area (Å²) in [6.07, 6.45) is 0.0937. The van der Waals surface area contributed by atoms with Crippen molar-refractivity contribution < 1.29 is 0 Å². The molecular formula is C12H17ClN4. The van der Waals surface area contributed by atoms with Crippen LogP contribution in [0.4, 0.5) is 5.69 Å². The molecule has 2 rings (SSSR count). The zero-order valence-corrected chi connectivity index (χ0v) is 11.3. The summed E-state index contributed by atoms with van der Waals surface area (Å²) < 4.78 is 0. The minimum Gasteiger partial charge on any atom is -0.388 e. The van der Waals surface area contributed by atoms with E-state index >= 15 is 0 Å². The van der Waals surface area contributed by atoms with E-state index in [1.807, 2.05) is 51.3 Å². The molecule has 1 N–H and O–H groups in total. The van der Waals surface area contributed by atoms with Crippen LogP contribution in [0.1, 0.15) is 18.7 Å². The maximum absolute atomic E-state index is 6.08. The quantitative estimate of drug-likeness (QED) is 0.878. The maximum atomic E-state index is 6.08. The van der Waals surface area contributed by atoms with Crippen molar-refractivity contribution in [3.8, 4) is 0 Å². The van der Waals surface area contributed by atoms with Crippen LogP contribution in [0, 0.1) is 0 Å². The van der Waals surface area contributed by atoms with Crippen molar-refractivity contribution in [1.29, 1.82) is 0 Å². The number of benzene rings is 1. The van der Waals surface area contributed by atoms with Gasteiger partial charge in [0.1, 0.15) is 12.0 Å². The molecule has 0 aromatic heterocycles. The second-order valence-corrected chi connectivity index (χ2v) is 4.62. The molecule has 5 heteroatoms. The topological polar surface area (TPSA) is 30.9 Å². The fraction of sp³-hybridized carbons (Fsp3) is 0.417. The van der Waals surface area contributed by atoms with Gasteiger partial charge in [0.05, 0.1) is 0 Å². The molecule has 0 saturated carbocycles. The first-order valence-electron chi connectivity index (χ1n) is 5.52. The molecule has 0 fully saturated rings. The molecular weight excluding hydrogens is 236 g/mol. The highest BCUT2D eigenvalue weighted by atomic mass is 35.5. The molecule has 0 radical (unpaired) electrons. The van der Waals surface area contributed by atoms with Crippen molar-refractivity contribution in [3.05, 3.63) is 28.8 Å². The molecule has 0 saturated heterocycles. The van der Waals surface area contributed by atoms with Gasteiger partial charge in [-0.3, -0.25) is 5.01 Å². The lowest BCUT2D eigenvalue weighted by atomic mass is 10.1. The lowest BCUT2D eigenvalue weighted by molar-refractivity contribution is 0.183. The lowest BCUT2D eigenvalue weighted by Crippen LogP contribution is -2.29. The Kier molecular flexibility index (Phi) is 3.15. The standard InChI is InChI=1S/C12H17ClN4/c1-8-15-17(4)12(16(8)3)10-7-9(13)5-6-11(10)14-2/h5-7,12,14H,1-4H3. The summed E-state index contributed by atoms with van der Waals surface area (Å²) in [5.41, 5.74) is 2.20. The number of anilines is 1. The van der Waals surface area contributed by atoms with Gasteiger partial charge in [0.25, 0.3) is 0 Å². The Morgan fingerprint density at radius 1 is 1.35 bits per heavy atom. The number of halogens is 1. The number of nitrogens with one attached hydrogen (secondary N) is 1. The van der Waals surface area contributed by atoms with Gasteiger partial charge in [-0.15, -0.1) is 0 Å².